The van der Waals surface area contributed by atoms with Crippen LogP contribution < -0.4 is 10.2 Å². The summed E-state index contributed by atoms with van der Waals surface area (Å²) in [4.78, 5) is 21.5. The van der Waals surface area contributed by atoms with Crippen molar-refractivity contribution < 1.29 is 14.3 Å². The highest BCUT2D eigenvalue weighted by molar-refractivity contribution is 5.70. The average molecular weight is 330 g/mol. The van der Waals surface area contributed by atoms with Crippen LogP contribution >= 0.6 is 0 Å². The minimum absolute atomic E-state index is 0.255. The number of piperidine rings is 1. The Morgan fingerprint density at radius 1 is 1.29 bits per heavy atom. The molecule has 1 fully saturated rings. The summed E-state index contributed by atoms with van der Waals surface area (Å²) < 4.78 is 13.6. The predicted molar refractivity (Wildman–Crippen MR) is 88.3 cm³/mol. The number of halogens is 1. The van der Waals surface area contributed by atoms with Crippen LogP contribution in [0.4, 0.5) is 16.0 Å². The Kier molecular flexibility index (Phi) is 4.88. The number of anilines is 2. The summed E-state index contributed by atoms with van der Waals surface area (Å²) in [6.07, 6.45) is 2.68. The van der Waals surface area contributed by atoms with Crippen LogP contribution in [0, 0.1) is 11.7 Å². The molecule has 3 rings (SSSR count). The molecule has 0 unspecified atom stereocenters. The van der Waals surface area contributed by atoms with E-state index in [0.29, 0.717) is 43.9 Å². The lowest BCUT2D eigenvalue weighted by molar-refractivity contribution is -0.142. The first-order chi connectivity index (χ1) is 11.6. The second-order valence-corrected chi connectivity index (χ2v) is 5.81. The smallest absolute Gasteiger partial charge is 0.306 e. The Hall–Kier alpha value is -2.70. The average Bonchev–Trinajstić information content (AvgIpc) is 2.61. The largest absolute Gasteiger partial charge is 0.481 e. The number of carboxylic acids is 1. The molecule has 1 saturated heterocycles. The molecule has 0 amide bonds. The number of nitrogens with one attached hydrogen (secondary N) is 1. The van der Waals surface area contributed by atoms with Gasteiger partial charge in [0.1, 0.15) is 23.8 Å². The third-order valence-electron chi connectivity index (χ3n) is 4.24. The SMILES string of the molecule is O=C(O)C1CCN(c2cc(NCc3ccccc3F)ncn2)CC1. The van der Waals surface area contributed by atoms with Crippen LogP contribution in [0.25, 0.3) is 0 Å². The molecule has 24 heavy (non-hydrogen) atoms. The lowest BCUT2D eigenvalue weighted by Crippen LogP contribution is -2.36. The van der Waals surface area contributed by atoms with Crippen LogP contribution in [0.15, 0.2) is 36.7 Å². The maximum absolute atomic E-state index is 13.6. The Labute approximate surface area is 139 Å². The number of benzene rings is 1. The molecule has 1 aromatic heterocycles. The van der Waals surface area contributed by atoms with Crippen LogP contribution in [0.1, 0.15) is 18.4 Å². The Morgan fingerprint density at radius 2 is 2.04 bits per heavy atom. The van der Waals surface area contributed by atoms with Gasteiger partial charge in [0.25, 0.3) is 0 Å². The maximum atomic E-state index is 13.6. The van der Waals surface area contributed by atoms with Crippen molar-refractivity contribution in [2.75, 3.05) is 23.3 Å². The quantitative estimate of drug-likeness (QED) is 0.877. The van der Waals surface area contributed by atoms with Crippen LogP contribution in [-0.2, 0) is 11.3 Å². The van der Waals surface area contributed by atoms with Gasteiger partial charge in [-0.1, -0.05) is 18.2 Å². The minimum atomic E-state index is -0.732. The van der Waals surface area contributed by atoms with Gasteiger partial charge in [0, 0.05) is 31.3 Å². The van der Waals surface area contributed by atoms with Gasteiger partial charge < -0.3 is 15.3 Å². The Balaban J connectivity index is 1.62. The topological polar surface area (TPSA) is 78.4 Å². The molecule has 0 aliphatic carbocycles. The predicted octanol–water partition coefficient (Wildman–Crippen LogP) is 2.53. The van der Waals surface area contributed by atoms with Crippen molar-refractivity contribution in [2.45, 2.75) is 19.4 Å². The number of rotatable bonds is 5. The summed E-state index contributed by atoms with van der Waals surface area (Å²) in [5, 5.41) is 12.2. The summed E-state index contributed by atoms with van der Waals surface area (Å²) in [5.41, 5.74) is 0.569. The minimum Gasteiger partial charge on any atom is -0.481 e. The molecule has 2 aromatic rings. The zero-order chi connectivity index (χ0) is 16.9. The number of hydrogen-bond donors (Lipinski definition) is 2. The summed E-state index contributed by atoms with van der Waals surface area (Å²) in [6, 6.07) is 8.40. The van der Waals surface area contributed by atoms with E-state index in [1.54, 1.807) is 18.2 Å². The van der Waals surface area contributed by atoms with E-state index in [0.717, 1.165) is 5.82 Å². The number of aromatic nitrogens is 2. The second kappa shape index (κ2) is 7.25. The Morgan fingerprint density at radius 3 is 2.75 bits per heavy atom. The van der Waals surface area contributed by atoms with Gasteiger partial charge in [0.2, 0.25) is 0 Å². The molecule has 1 aromatic carbocycles. The van der Waals surface area contributed by atoms with E-state index in [2.05, 4.69) is 20.2 Å². The fourth-order valence-electron chi connectivity index (χ4n) is 2.80. The van der Waals surface area contributed by atoms with Gasteiger partial charge >= 0.3 is 5.97 Å². The van der Waals surface area contributed by atoms with Gasteiger partial charge in [-0.15, -0.1) is 0 Å². The lowest BCUT2D eigenvalue weighted by Gasteiger charge is -2.31. The molecule has 0 saturated carbocycles. The molecular weight excluding hydrogens is 311 g/mol. The van der Waals surface area contributed by atoms with E-state index >= 15 is 0 Å². The van der Waals surface area contributed by atoms with Gasteiger partial charge in [-0.25, -0.2) is 14.4 Å². The van der Waals surface area contributed by atoms with Gasteiger partial charge in [-0.3, -0.25) is 4.79 Å². The van der Waals surface area contributed by atoms with Crippen molar-refractivity contribution in [3.05, 3.63) is 48.0 Å². The molecule has 7 heteroatoms. The summed E-state index contributed by atoms with van der Waals surface area (Å²) in [7, 11) is 0. The van der Waals surface area contributed by atoms with Crippen molar-refractivity contribution in [2.24, 2.45) is 5.92 Å². The number of aliphatic carboxylic acids is 1. The van der Waals surface area contributed by atoms with Crippen molar-refractivity contribution >= 4 is 17.6 Å². The van der Waals surface area contributed by atoms with E-state index in [9.17, 15) is 9.18 Å². The van der Waals surface area contributed by atoms with E-state index in [4.69, 9.17) is 5.11 Å². The molecule has 6 nitrogen and oxygen atoms in total. The Bertz CT molecular complexity index is 717. The third kappa shape index (κ3) is 3.79. The fraction of sp³-hybridized carbons (Fsp3) is 0.353. The zero-order valence-corrected chi connectivity index (χ0v) is 13.2. The van der Waals surface area contributed by atoms with Crippen molar-refractivity contribution in [1.29, 1.82) is 0 Å². The monoisotopic (exact) mass is 330 g/mol. The first kappa shape index (κ1) is 16.2. The molecule has 0 atom stereocenters. The normalized spacial score (nSPS) is 15.3. The van der Waals surface area contributed by atoms with Crippen molar-refractivity contribution in [3.8, 4) is 0 Å². The molecule has 2 heterocycles. The number of hydrogen-bond acceptors (Lipinski definition) is 5. The van der Waals surface area contributed by atoms with Gasteiger partial charge in [-0.2, -0.15) is 0 Å². The van der Waals surface area contributed by atoms with Crippen molar-refractivity contribution in [3.63, 3.8) is 0 Å². The number of carbonyl (C=O) groups is 1. The molecule has 2 N–H and O–H groups in total. The van der Waals surface area contributed by atoms with Crippen LogP contribution in [-0.4, -0.2) is 34.1 Å². The number of carboxylic acid groups (broad SMARTS) is 1. The van der Waals surface area contributed by atoms with Crippen LogP contribution in [0.3, 0.4) is 0 Å². The summed E-state index contributed by atoms with van der Waals surface area (Å²) in [6.45, 7) is 1.64. The van der Waals surface area contributed by atoms with Gasteiger partial charge in [-0.05, 0) is 18.9 Å². The molecule has 0 radical (unpaired) electrons. The molecule has 0 spiro atoms. The zero-order valence-electron chi connectivity index (χ0n) is 13.2. The van der Waals surface area contributed by atoms with E-state index in [-0.39, 0.29) is 11.7 Å². The standard InChI is InChI=1S/C17H19FN4O2/c18-14-4-2-1-3-13(14)10-19-15-9-16(21-11-20-15)22-7-5-12(6-8-22)17(23)24/h1-4,9,11-12H,5-8,10H2,(H,23,24)(H,19,20,21). The van der Waals surface area contributed by atoms with E-state index in [1.165, 1.54) is 12.4 Å². The van der Waals surface area contributed by atoms with Crippen LogP contribution in [0.5, 0.6) is 0 Å². The second-order valence-electron chi connectivity index (χ2n) is 5.81. The summed E-state index contributed by atoms with van der Waals surface area (Å²) >= 11 is 0. The van der Waals surface area contributed by atoms with Gasteiger partial charge in [0.05, 0.1) is 5.92 Å². The summed E-state index contributed by atoms with van der Waals surface area (Å²) in [5.74, 6) is 0.106. The highest BCUT2D eigenvalue weighted by atomic mass is 19.1. The third-order valence-corrected chi connectivity index (χ3v) is 4.24. The molecule has 1 aliphatic rings. The molecule has 1 aliphatic heterocycles. The maximum Gasteiger partial charge on any atom is 0.306 e. The number of nitrogens with zero attached hydrogens (tertiary/aromatic N) is 3. The lowest BCUT2D eigenvalue weighted by atomic mass is 9.97. The molecule has 0 bridgehead atoms. The van der Waals surface area contributed by atoms with Crippen molar-refractivity contribution in [1.82, 2.24) is 9.97 Å². The first-order valence-corrected chi connectivity index (χ1v) is 7.90. The van der Waals surface area contributed by atoms with E-state index in [1.807, 2.05) is 6.07 Å². The van der Waals surface area contributed by atoms with Crippen LogP contribution in [0.2, 0.25) is 0 Å². The van der Waals surface area contributed by atoms with Gasteiger partial charge in [0.15, 0.2) is 0 Å². The molecule has 126 valence electrons. The molecular formula is C17H19FN4O2. The highest BCUT2D eigenvalue weighted by Crippen LogP contribution is 2.23. The van der Waals surface area contributed by atoms with E-state index < -0.39 is 5.97 Å². The first-order valence-electron chi connectivity index (χ1n) is 7.90. The fourth-order valence-corrected chi connectivity index (χ4v) is 2.80. The highest BCUT2D eigenvalue weighted by Gasteiger charge is 2.25.